The molecular weight excluding hydrogens is 292 g/mol. The Morgan fingerprint density at radius 2 is 1.91 bits per heavy atom. The number of likely N-dealkylation sites (N-methyl/N-ethyl adjacent to an activating group) is 1. The minimum atomic E-state index is -0.0516. The van der Waals surface area contributed by atoms with E-state index in [4.69, 9.17) is 0 Å². The maximum atomic E-state index is 12.2. The number of anilines is 1. The lowest BCUT2D eigenvalue weighted by Crippen LogP contribution is -2.32. The molecule has 1 saturated heterocycles. The minimum Gasteiger partial charge on any atom is -0.347 e. The molecule has 6 heteroatoms. The molecule has 0 aliphatic carbocycles. The summed E-state index contributed by atoms with van der Waals surface area (Å²) in [4.78, 5) is 27.5. The fourth-order valence-corrected chi connectivity index (χ4v) is 2.81. The van der Waals surface area contributed by atoms with Crippen LogP contribution >= 0.6 is 0 Å². The number of carbonyl (C=O) groups excluding carboxylic acids is 2. The molecule has 1 aliphatic rings. The highest BCUT2D eigenvalue weighted by Gasteiger charge is 2.18. The van der Waals surface area contributed by atoms with Crippen molar-refractivity contribution in [3.8, 4) is 0 Å². The highest BCUT2D eigenvalue weighted by molar-refractivity contribution is 5.93. The van der Waals surface area contributed by atoms with Crippen LogP contribution in [-0.4, -0.2) is 53.5 Å². The van der Waals surface area contributed by atoms with Crippen LogP contribution in [0.3, 0.4) is 0 Å². The van der Waals surface area contributed by atoms with E-state index in [9.17, 15) is 9.59 Å². The molecule has 1 aromatic carbocycles. The SMILES string of the molecule is CN(C)C(=O)Cn1ccc2ccc(NC(=O)N3CCCC3)cc21. The Balaban J connectivity index is 1.79. The molecule has 1 aromatic heterocycles. The standard InChI is InChI=1S/C17H22N4O2/c1-19(2)16(22)12-21-10-7-13-5-6-14(11-15(13)21)18-17(23)20-8-3-4-9-20/h5-7,10-11H,3-4,8-9,12H2,1-2H3,(H,18,23). The molecule has 3 rings (SSSR count). The molecule has 1 fully saturated rings. The van der Waals surface area contributed by atoms with E-state index in [0.717, 1.165) is 42.5 Å². The Hall–Kier alpha value is -2.50. The second kappa shape index (κ2) is 6.32. The zero-order valence-electron chi connectivity index (χ0n) is 13.6. The molecule has 2 heterocycles. The summed E-state index contributed by atoms with van der Waals surface area (Å²) in [5.41, 5.74) is 1.70. The number of hydrogen-bond donors (Lipinski definition) is 1. The number of aromatic nitrogens is 1. The lowest BCUT2D eigenvalue weighted by atomic mass is 10.2. The van der Waals surface area contributed by atoms with Gasteiger partial charge in [-0.1, -0.05) is 6.07 Å². The van der Waals surface area contributed by atoms with E-state index >= 15 is 0 Å². The normalized spacial score (nSPS) is 14.3. The van der Waals surface area contributed by atoms with Crippen molar-refractivity contribution >= 4 is 28.5 Å². The molecule has 0 radical (unpaired) electrons. The van der Waals surface area contributed by atoms with Gasteiger partial charge in [-0.2, -0.15) is 0 Å². The number of likely N-dealkylation sites (tertiary alicyclic amines) is 1. The number of hydrogen-bond acceptors (Lipinski definition) is 2. The molecule has 0 spiro atoms. The van der Waals surface area contributed by atoms with Gasteiger partial charge in [0.15, 0.2) is 0 Å². The molecule has 1 N–H and O–H groups in total. The Kier molecular flexibility index (Phi) is 4.23. The number of nitrogens with zero attached hydrogens (tertiary/aromatic N) is 3. The molecule has 6 nitrogen and oxygen atoms in total. The fourth-order valence-electron chi connectivity index (χ4n) is 2.81. The lowest BCUT2D eigenvalue weighted by molar-refractivity contribution is -0.129. The summed E-state index contributed by atoms with van der Waals surface area (Å²) in [6, 6.07) is 7.71. The largest absolute Gasteiger partial charge is 0.347 e. The molecule has 23 heavy (non-hydrogen) atoms. The van der Waals surface area contributed by atoms with Crippen LogP contribution in [-0.2, 0) is 11.3 Å². The number of urea groups is 1. The number of fused-ring (bicyclic) bond motifs is 1. The Morgan fingerprint density at radius 1 is 1.17 bits per heavy atom. The van der Waals surface area contributed by atoms with Crippen molar-refractivity contribution < 1.29 is 9.59 Å². The van der Waals surface area contributed by atoms with Crippen molar-refractivity contribution in [1.29, 1.82) is 0 Å². The van der Waals surface area contributed by atoms with Gasteiger partial charge in [-0.05, 0) is 36.4 Å². The summed E-state index contributed by atoms with van der Waals surface area (Å²) >= 11 is 0. The van der Waals surface area contributed by atoms with Crippen LogP contribution in [0, 0.1) is 0 Å². The maximum Gasteiger partial charge on any atom is 0.321 e. The Labute approximate surface area is 135 Å². The highest BCUT2D eigenvalue weighted by atomic mass is 16.2. The first kappa shape index (κ1) is 15.4. The van der Waals surface area contributed by atoms with Crippen LogP contribution in [0.4, 0.5) is 10.5 Å². The van der Waals surface area contributed by atoms with E-state index < -0.39 is 0 Å². The van der Waals surface area contributed by atoms with Crippen molar-refractivity contribution in [2.45, 2.75) is 19.4 Å². The molecule has 0 atom stereocenters. The molecule has 0 unspecified atom stereocenters. The van der Waals surface area contributed by atoms with Gasteiger partial charge in [0, 0.05) is 39.1 Å². The van der Waals surface area contributed by atoms with Gasteiger partial charge in [-0.25, -0.2) is 4.79 Å². The highest BCUT2D eigenvalue weighted by Crippen LogP contribution is 2.21. The molecule has 122 valence electrons. The third kappa shape index (κ3) is 3.31. The third-order valence-electron chi connectivity index (χ3n) is 4.22. The van der Waals surface area contributed by atoms with Gasteiger partial charge < -0.3 is 19.7 Å². The van der Waals surface area contributed by atoms with Crippen molar-refractivity contribution in [2.75, 3.05) is 32.5 Å². The molecule has 1 aliphatic heterocycles. The summed E-state index contributed by atoms with van der Waals surface area (Å²) in [6.07, 6.45) is 4.04. The lowest BCUT2D eigenvalue weighted by Gasteiger charge is -2.16. The number of carbonyl (C=O) groups is 2. The number of nitrogens with one attached hydrogen (secondary N) is 1. The van der Waals surface area contributed by atoms with E-state index in [1.807, 2.05) is 39.9 Å². The molecule has 3 amide bonds. The van der Waals surface area contributed by atoms with Gasteiger partial charge in [0.2, 0.25) is 5.91 Å². The fraction of sp³-hybridized carbons (Fsp3) is 0.412. The summed E-state index contributed by atoms with van der Waals surface area (Å²) in [5, 5.41) is 4.00. The summed E-state index contributed by atoms with van der Waals surface area (Å²) in [6.45, 7) is 1.93. The first-order valence-electron chi connectivity index (χ1n) is 7.89. The zero-order chi connectivity index (χ0) is 16.4. The molecule has 2 aromatic rings. The van der Waals surface area contributed by atoms with Crippen LogP contribution < -0.4 is 5.32 Å². The topological polar surface area (TPSA) is 57.6 Å². The monoisotopic (exact) mass is 314 g/mol. The van der Waals surface area contributed by atoms with Gasteiger partial charge in [-0.15, -0.1) is 0 Å². The first-order valence-corrected chi connectivity index (χ1v) is 7.89. The quantitative estimate of drug-likeness (QED) is 0.945. The van der Waals surface area contributed by atoms with Crippen molar-refractivity contribution in [3.05, 3.63) is 30.5 Å². The van der Waals surface area contributed by atoms with E-state index in [2.05, 4.69) is 5.32 Å². The Morgan fingerprint density at radius 3 is 2.61 bits per heavy atom. The van der Waals surface area contributed by atoms with Crippen LogP contribution in [0.1, 0.15) is 12.8 Å². The summed E-state index contributed by atoms with van der Waals surface area (Å²) < 4.78 is 1.91. The van der Waals surface area contributed by atoms with E-state index in [1.165, 1.54) is 0 Å². The number of benzene rings is 1. The third-order valence-corrected chi connectivity index (χ3v) is 4.22. The predicted molar refractivity (Wildman–Crippen MR) is 90.5 cm³/mol. The average Bonchev–Trinajstić information content (AvgIpc) is 3.17. The van der Waals surface area contributed by atoms with Crippen LogP contribution in [0.2, 0.25) is 0 Å². The zero-order valence-corrected chi connectivity index (χ0v) is 13.6. The first-order chi connectivity index (χ1) is 11.0. The smallest absolute Gasteiger partial charge is 0.321 e. The van der Waals surface area contributed by atoms with Crippen LogP contribution in [0.25, 0.3) is 10.9 Å². The number of amides is 3. The van der Waals surface area contributed by atoms with Gasteiger partial charge in [0.25, 0.3) is 0 Å². The van der Waals surface area contributed by atoms with Crippen molar-refractivity contribution in [3.63, 3.8) is 0 Å². The minimum absolute atomic E-state index is 0.0361. The predicted octanol–water partition coefficient (Wildman–Crippen LogP) is 2.36. The average molecular weight is 314 g/mol. The van der Waals surface area contributed by atoms with E-state index in [-0.39, 0.29) is 11.9 Å². The van der Waals surface area contributed by atoms with E-state index in [0.29, 0.717) is 6.54 Å². The molecule has 0 saturated carbocycles. The maximum absolute atomic E-state index is 12.2. The van der Waals surface area contributed by atoms with E-state index in [1.54, 1.807) is 19.0 Å². The van der Waals surface area contributed by atoms with Crippen LogP contribution in [0.15, 0.2) is 30.5 Å². The van der Waals surface area contributed by atoms with Gasteiger partial charge in [0.1, 0.15) is 6.54 Å². The van der Waals surface area contributed by atoms with Gasteiger partial charge in [-0.3, -0.25) is 4.79 Å². The number of rotatable bonds is 3. The van der Waals surface area contributed by atoms with Gasteiger partial charge >= 0.3 is 6.03 Å². The van der Waals surface area contributed by atoms with Crippen molar-refractivity contribution in [2.24, 2.45) is 0 Å². The Bertz CT molecular complexity index is 729. The molecule has 0 bridgehead atoms. The summed E-state index contributed by atoms with van der Waals surface area (Å²) in [5.74, 6) is 0.0361. The second-order valence-corrected chi connectivity index (χ2v) is 6.13. The van der Waals surface area contributed by atoms with Crippen LogP contribution in [0.5, 0.6) is 0 Å². The summed E-state index contributed by atoms with van der Waals surface area (Å²) in [7, 11) is 3.49. The molecular formula is C17H22N4O2. The van der Waals surface area contributed by atoms with Gasteiger partial charge in [0.05, 0.1) is 5.52 Å². The second-order valence-electron chi connectivity index (χ2n) is 6.13. The van der Waals surface area contributed by atoms with Crippen molar-refractivity contribution in [1.82, 2.24) is 14.4 Å².